The van der Waals surface area contributed by atoms with Gasteiger partial charge in [-0.1, -0.05) is 26.0 Å². The van der Waals surface area contributed by atoms with Crippen LogP contribution in [0.2, 0.25) is 0 Å². The van der Waals surface area contributed by atoms with Gasteiger partial charge in [0.05, 0.1) is 24.6 Å². The summed E-state index contributed by atoms with van der Waals surface area (Å²) in [6.07, 6.45) is 1.80. The molecule has 0 radical (unpaired) electrons. The van der Waals surface area contributed by atoms with Gasteiger partial charge in [-0.25, -0.2) is 9.48 Å². The molecule has 134 valence electrons. The van der Waals surface area contributed by atoms with E-state index in [2.05, 4.69) is 10.4 Å². The zero-order chi connectivity index (χ0) is 18.6. The van der Waals surface area contributed by atoms with Crippen molar-refractivity contribution in [2.45, 2.75) is 33.2 Å². The highest BCUT2D eigenvalue weighted by Gasteiger charge is 2.24. The van der Waals surface area contributed by atoms with Gasteiger partial charge in [0.1, 0.15) is 17.5 Å². The second kappa shape index (κ2) is 7.83. The predicted molar refractivity (Wildman–Crippen MR) is 93.2 cm³/mol. The summed E-state index contributed by atoms with van der Waals surface area (Å²) < 4.78 is 6.93. The first-order valence-electron chi connectivity index (χ1n) is 8.06. The lowest BCUT2D eigenvalue weighted by Gasteiger charge is -2.16. The first kappa shape index (κ1) is 18.5. The molecule has 1 aromatic carbocycles. The van der Waals surface area contributed by atoms with Gasteiger partial charge in [-0.2, -0.15) is 5.10 Å². The molecule has 0 saturated carbocycles. The lowest BCUT2D eigenvalue weighted by Crippen LogP contribution is -2.41. The minimum Gasteiger partial charge on any atom is -0.494 e. The molecule has 0 spiro atoms. The fraction of sp³-hybridized carbons (Fsp3) is 0.389. The van der Waals surface area contributed by atoms with E-state index in [0.717, 1.165) is 0 Å². The van der Waals surface area contributed by atoms with Crippen LogP contribution in [0.4, 0.5) is 0 Å². The molecule has 2 rings (SSSR count). The summed E-state index contributed by atoms with van der Waals surface area (Å²) in [6.45, 7) is 5.58. The van der Waals surface area contributed by atoms with Crippen LogP contribution in [0.1, 0.15) is 36.3 Å². The number of ether oxygens (including phenoxy) is 1. The molecule has 2 aromatic rings. The molecule has 1 aromatic heterocycles. The zero-order valence-corrected chi connectivity index (χ0v) is 14.8. The van der Waals surface area contributed by atoms with Crippen molar-refractivity contribution in [3.8, 4) is 11.4 Å². The third-order valence-corrected chi connectivity index (χ3v) is 3.88. The van der Waals surface area contributed by atoms with Gasteiger partial charge >= 0.3 is 5.97 Å². The van der Waals surface area contributed by atoms with Crippen molar-refractivity contribution in [1.29, 1.82) is 0 Å². The Morgan fingerprint density at radius 2 is 2.00 bits per heavy atom. The normalized spacial score (nSPS) is 12.0. The van der Waals surface area contributed by atoms with Crippen LogP contribution < -0.4 is 10.1 Å². The van der Waals surface area contributed by atoms with Crippen molar-refractivity contribution in [3.63, 3.8) is 0 Å². The number of carboxylic acid groups (broad SMARTS) is 1. The highest BCUT2D eigenvalue weighted by Crippen LogP contribution is 2.24. The van der Waals surface area contributed by atoms with Crippen LogP contribution in [0.25, 0.3) is 5.69 Å². The number of nitrogens with zero attached hydrogens (tertiary/aromatic N) is 2. The van der Waals surface area contributed by atoms with Crippen molar-refractivity contribution in [2.75, 3.05) is 7.11 Å². The first-order chi connectivity index (χ1) is 11.8. The Labute approximate surface area is 146 Å². The van der Waals surface area contributed by atoms with Crippen LogP contribution in [0, 0.1) is 12.8 Å². The number of aromatic nitrogens is 2. The molecule has 25 heavy (non-hydrogen) atoms. The van der Waals surface area contributed by atoms with Crippen LogP contribution in [-0.2, 0) is 4.79 Å². The average Bonchev–Trinajstić information content (AvgIpc) is 2.95. The van der Waals surface area contributed by atoms with Gasteiger partial charge < -0.3 is 15.2 Å². The summed E-state index contributed by atoms with van der Waals surface area (Å²) in [5, 5.41) is 16.1. The van der Waals surface area contributed by atoms with Gasteiger partial charge in [-0.05, 0) is 31.4 Å². The van der Waals surface area contributed by atoms with E-state index in [1.54, 1.807) is 24.8 Å². The van der Waals surface area contributed by atoms with Crippen LogP contribution in [0.3, 0.4) is 0 Å². The average molecular weight is 345 g/mol. The fourth-order valence-electron chi connectivity index (χ4n) is 2.61. The Hall–Kier alpha value is -2.83. The Bertz CT molecular complexity index is 767. The number of para-hydroxylation sites is 2. The maximum atomic E-state index is 12.5. The summed E-state index contributed by atoms with van der Waals surface area (Å²) in [7, 11) is 1.56. The molecular weight excluding hydrogens is 322 g/mol. The topological polar surface area (TPSA) is 93.5 Å². The molecule has 7 heteroatoms. The molecule has 0 aliphatic heterocycles. The van der Waals surface area contributed by atoms with E-state index in [9.17, 15) is 14.7 Å². The minimum absolute atomic E-state index is 0.152. The molecule has 0 saturated heterocycles. The van der Waals surface area contributed by atoms with Crippen LogP contribution in [0.5, 0.6) is 5.75 Å². The number of methoxy groups -OCH3 is 1. The quantitative estimate of drug-likeness (QED) is 0.804. The first-order valence-corrected chi connectivity index (χ1v) is 8.06. The molecule has 0 aliphatic rings. The molecule has 1 atom stereocenters. The van der Waals surface area contributed by atoms with E-state index in [1.807, 2.05) is 32.0 Å². The third kappa shape index (κ3) is 4.17. The maximum absolute atomic E-state index is 12.5. The highest BCUT2D eigenvalue weighted by molar-refractivity contribution is 5.97. The number of aliphatic carboxylic acids is 1. The standard InChI is InChI=1S/C18H23N3O4/c1-11(2)9-14(18(23)24)20-17(22)13-10-19-21(12(13)3)15-7-5-6-8-16(15)25-4/h5-8,10-11,14H,9H2,1-4H3,(H,20,22)(H,23,24)/t14-/m0/s1. The Balaban J connectivity index is 2.28. The van der Waals surface area contributed by atoms with Gasteiger partial charge in [0.25, 0.3) is 5.91 Å². The molecule has 7 nitrogen and oxygen atoms in total. The van der Waals surface area contributed by atoms with Crippen molar-refractivity contribution in [1.82, 2.24) is 15.1 Å². The van der Waals surface area contributed by atoms with Crippen molar-refractivity contribution in [2.24, 2.45) is 5.92 Å². The van der Waals surface area contributed by atoms with Crippen LogP contribution >= 0.6 is 0 Å². The number of hydrogen-bond donors (Lipinski definition) is 2. The monoisotopic (exact) mass is 345 g/mol. The number of hydrogen-bond acceptors (Lipinski definition) is 4. The van der Waals surface area contributed by atoms with Gasteiger partial charge in [-0.3, -0.25) is 4.79 Å². The lowest BCUT2D eigenvalue weighted by atomic mass is 10.0. The van der Waals surface area contributed by atoms with Crippen molar-refractivity contribution < 1.29 is 19.4 Å². The Morgan fingerprint density at radius 3 is 2.60 bits per heavy atom. The molecule has 0 aliphatic carbocycles. The summed E-state index contributed by atoms with van der Waals surface area (Å²) in [5.74, 6) is -0.716. The summed E-state index contributed by atoms with van der Waals surface area (Å²) in [5.41, 5.74) is 1.65. The van der Waals surface area contributed by atoms with Crippen LogP contribution in [-0.4, -0.2) is 39.9 Å². The minimum atomic E-state index is -1.04. The van der Waals surface area contributed by atoms with E-state index in [1.165, 1.54) is 6.20 Å². The van der Waals surface area contributed by atoms with E-state index in [-0.39, 0.29) is 5.92 Å². The fourth-order valence-corrected chi connectivity index (χ4v) is 2.61. The summed E-state index contributed by atoms with van der Waals surface area (Å²) in [6, 6.07) is 6.40. The third-order valence-electron chi connectivity index (χ3n) is 3.88. The number of amides is 1. The van der Waals surface area contributed by atoms with Gasteiger partial charge in [0.2, 0.25) is 0 Å². The predicted octanol–water partition coefficient (Wildman–Crippen LogP) is 2.42. The number of rotatable bonds is 7. The van der Waals surface area contributed by atoms with E-state index in [0.29, 0.717) is 29.1 Å². The number of carbonyl (C=O) groups excluding carboxylic acids is 1. The van der Waals surface area contributed by atoms with Crippen molar-refractivity contribution in [3.05, 3.63) is 41.7 Å². The smallest absolute Gasteiger partial charge is 0.326 e. The lowest BCUT2D eigenvalue weighted by molar-refractivity contribution is -0.139. The number of benzene rings is 1. The molecule has 0 bridgehead atoms. The zero-order valence-electron chi connectivity index (χ0n) is 14.8. The summed E-state index contributed by atoms with van der Waals surface area (Å²) >= 11 is 0. The molecule has 0 fully saturated rings. The second-order valence-corrected chi connectivity index (χ2v) is 6.22. The largest absolute Gasteiger partial charge is 0.494 e. The van der Waals surface area contributed by atoms with Gasteiger partial charge in [0.15, 0.2) is 0 Å². The van der Waals surface area contributed by atoms with Crippen molar-refractivity contribution >= 4 is 11.9 Å². The molecular formula is C18H23N3O4. The Morgan fingerprint density at radius 1 is 1.32 bits per heavy atom. The summed E-state index contributed by atoms with van der Waals surface area (Å²) in [4.78, 5) is 23.8. The highest BCUT2D eigenvalue weighted by atomic mass is 16.5. The maximum Gasteiger partial charge on any atom is 0.326 e. The molecule has 1 heterocycles. The number of carboxylic acids is 1. The van der Waals surface area contributed by atoms with Gasteiger partial charge in [0, 0.05) is 0 Å². The van der Waals surface area contributed by atoms with Gasteiger partial charge in [-0.15, -0.1) is 0 Å². The number of carbonyl (C=O) groups is 2. The SMILES string of the molecule is COc1ccccc1-n1ncc(C(=O)N[C@@H](CC(C)C)C(=O)O)c1C. The Kier molecular flexibility index (Phi) is 5.80. The van der Waals surface area contributed by atoms with E-state index >= 15 is 0 Å². The number of nitrogens with one attached hydrogen (secondary N) is 1. The second-order valence-electron chi connectivity index (χ2n) is 6.22. The van der Waals surface area contributed by atoms with E-state index < -0.39 is 17.9 Å². The van der Waals surface area contributed by atoms with Crippen LogP contribution in [0.15, 0.2) is 30.5 Å². The molecule has 2 N–H and O–H groups in total. The molecule has 1 amide bonds. The van der Waals surface area contributed by atoms with E-state index in [4.69, 9.17) is 4.74 Å². The molecule has 0 unspecified atom stereocenters.